The van der Waals surface area contributed by atoms with Crippen LogP contribution in [0.25, 0.3) is 16.9 Å². The molecule has 1 amide bonds. The fraction of sp³-hybridized carbons (Fsp3) is 0.387. The molecule has 4 aromatic rings. The monoisotopic (exact) mass is 622 g/mol. The van der Waals surface area contributed by atoms with E-state index in [9.17, 15) is 18.0 Å². The highest BCUT2D eigenvalue weighted by atomic mass is 32.2. The van der Waals surface area contributed by atoms with Crippen LogP contribution in [0.4, 0.5) is 0 Å². The minimum Gasteiger partial charge on any atom is -0.493 e. The largest absolute Gasteiger partial charge is 0.493 e. The number of carbonyl (C=O) groups is 1. The fourth-order valence-electron chi connectivity index (χ4n) is 5.42. The predicted octanol–water partition coefficient (Wildman–Crippen LogP) is 3.15. The molecule has 2 aromatic heterocycles. The van der Waals surface area contributed by atoms with Gasteiger partial charge in [-0.15, -0.1) is 5.10 Å². The summed E-state index contributed by atoms with van der Waals surface area (Å²) in [6.45, 7) is 8.01. The summed E-state index contributed by atoms with van der Waals surface area (Å²) in [7, 11) is -1.84. The number of fused-ring (bicyclic) bond motifs is 1. The van der Waals surface area contributed by atoms with Crippen molar-refractivity contribution in [1.82, 2.24) is 29.3 Å². The van der Waals surface area contributed by atoms with Crippen LogP contribution in [0.5, 0.6) is 5.75 Å². The normalized spacial score (nSPS) is 14.6. The van der Waals surface area contributed by atoms with Crippen molar-refractivity contribution in [2.75, 3.05) is 39.8 Å². The number of hydrogen-bond donors (Lipinski definition) is 2. The number of likely N-dealkylation sites (N-methyl/N-ethyl adjacent to an activating group) is 1. The molecule has 0 spiro atoms. The number of aryl methyl sites for hydroxylation is 2. The first-order valence-corrected chi connectivity index (χ1v) is 16.2. The highest BCUT2D eigenvalue weighted by Gasteiger charge is 2.29. The number of hydroxylamine groups is 1. The lowest BCUT2D eigenvalue weighted by atomic mass is 10.1. The van der Waals surface area contributed by atoms with Gasteiger partial charge < -0.3 is 14.6 Å². The molecule has 0 unspecified atom stereocenters. The number of nitrogens with zero attached hydrogens (tertiary/aromatic N) is 4. The van der Waals surface area contributed by atoms with Crippen molar-refractivity contribution in [2.24, 2.45) is 0 Å². The lowest BCUT2D eigenvalue weighted by molar-refractivity contribution is 0.0232. The van der Waals surface area contributed by atoms with Crippen LogP contribution >= 0.6 is 0 Å². The van der Waals surface area contributed by atoms with Gasteiger partial charge in [0.2, 0.25) is 10.0 Å². The number of aromatic nitrogens is 3. The Hall–Kier alpha value is -4.04. The Balaban J connectivity index is 1.56. The average molecular weight is 623 g/mol. The van der Waals surface area contributed by atoms with Crippen LogP contribution in [0.15, 0.2) is 58.2 Å². The molecule has 2 aromatic carbocycles. The Labute approximate surface area is 256 Å². The Morgan fingerprint density at radius 3 is 2.48 bits per heavy atom. The summed E-state index contributed by atoms with van der Waals surface area (Å²) in [6.07, 6.45) is 1.14. The standard InChI is InChI=1S/C31H38N6O6S/c1-5-10-25-27(30(38)34-43-20-22-11-8-7-9-12-22)21(3)28-31(39)32-29(33-37(25)28)24-19-23(13-14-26(24)42-6-2)44(40,41)36-17-15-35(4)16-18-36/h7-9,11-14,19H,5-6,10,15-18,20H2,1-4H3,(H,34,38)(H,32,33,39). The summed E-state index contributed by atoms with van der Waals surface area (Å²) in [5, 5.41) is 4.75. The second kappa shape index (κ2) is 13.3. The number of sulfonamides is 1. The molecular weight excluding hydrogens is 584 g/mol. The van der Waals surface area contributed by atoms with Gasteiger partial charge in [0.05, 0.1) is 34.9 Å². The van der Waals surface area contributed by atoms with Gasteiger partial charge in [0.25, 0.3) is 11.5 Å². The molecule has 13 heteroatoms. The van der Waals surface area contributed by atoms with E-state index in [1.54, 1.807) is 13.0 Å². The number of carbonyl (C=O) groups excluding carboxylic acids is 1. The summed E-state index contributed by atoms with van der Waals surface area (Å²) in [4.78, 5) is 37.4. The molecule has 12 nitrogen and oxygen atoms in total. The molecule has 0 bridgehead atoms. The van der Waals surface area contributed by atoms with Crippen LogP contribution in [0.2, 0.25) is 0 Å². The Morgan fingerprint density at radius 1 is 1.07 bits per heavy atom. The molecule has 1 fully saturated rings. The maximum absolute atomic E-state index is 13.6. The van der Waals surface area contributed by atoms with Gasteiger partial charge in [0.1, 0.15) is 11.3 Å². The maximum Gasteiger partial charge on any atom is 0.277 e. The molecular formula is C31H38N6O6S. The van der Waals surface area contributed by atoms with Crippen LogP contribution in [0, 0.1) is 6.92 Å². The zero-order chi connectivity index (χ0) is 31.4. The molecule has 44 heavy (non-hydrogen) atoms. The first-order chi connectivity index (χ1) is 21.1. The zero-order valence-electron chi connectivity index (χ0n) is 25.4. The summed E-state index contributed by atoms with van der Waals surface area (Å²) in [6, 6.07) is 14.0. The zero-order valence-corrected chi connectivity index (χ0v) is 26.2. The number of nitrogens with one attached hydrogen (secondary N) is 2. The molecule has 1 saturated heterocycles. The first kappa shape index (κ1) is 31.4. The van der Waals surface area contributed by atoms with Gasteiger partial charge in [0.15, 0.2) is 5.82 Å². The van der Waals surface area contributed by atoms with Crippen LogP contribution in [0.3, 0.4) is 0 Å². The quantitative estimate of drug-likeness (QED) is 0.244. The summed E-state index contributed by atoms with van der Waals surface area (Å²) >= 11 is 0. The van der Waals surface area contributed by atoms with E-state index in [0.29, 0.717) is 73.8 Å². The number of aromatic amines is 1. The maximum atomic E-state index is 13.6. The minimum absolute atomic E-state index is 0.0800. The molecule has 0 aliphatic carbocycles. The number of benzene rings is 2. The van der Waals surface area contributed by atoms with Gasteiger partial charge in [0, 0.05) is 26.2 Å². The van der Waals surface area contributed by atoms with Crippen molar-refractivity contribution in [3.05, 3.63) is 81.3 Å². The molecule has 5 rings (SSSR count). The van der Waals surface area contributed by atoms with E-state index >= 15 is 0 Å². The van der Waals surface area contributed by atoms with Crippen LogP contribution in [0.1, 0.15) is 47.4 Å². The Kier molecular flexibility index (Phi) is 9.49. The van der Waals surface area contributed by atoms with Gasteiger partial charge in [-0.1, -0.05) is 43.7 Å². The van der Waals surface area contributed by atoms with Crippen LogP contribution in [-0.2, 0) is 27.9 Å². The van der Waals surface area contributed by atoms with E-state index in [1.165, 1.54) is 21.0 Å². The van der Waals surface area contributed by atoms with E-state index in [2.05, 4.69) is 15.4 Å². The van der Waals surface area contributed by atoms with Gasteiger partial charge in [-0.05, 0) is 56.6 Å². The molecule has 234 valence electrons. The third kappa shape index (κ3) is 6.27. The number of rotatable bonds is 11. The third-order valence-corrected chi connectivity index (χ3v) is 9.59. The van der Waals surface area contributed by atoms with Gasteiger partial charge >= 0.3 is 0 Å². The number of piperazine rings is 1. The van der Waals surface area contributed by atoms with Crippen molar-refractivity contribution in [3.8, 4) is 17.1 Å². The van der Waals surface area contributed by atoms with Crippen molar-refractivity contribution in [2.45, 2.75) is 45.1 Å². The highest BCUT2D eigenvalue weighted by molar-refractivity contribution is 7.89. The molecule has 1 aliphatic rings. The van der Waals surface area contributed by atoms with E-state index in [4.69, 9.17) is 14.7 Å². The third-order valence-electron chi connectivity index (χ3n) is 7.70. The van der Waals surface area contributed by atoms with Crippen LogP contribution in [-0.4, -0.2) is 78.0 Å². The highest BCUT2D eigenvalue weighted by Crippen LogP contribution is 2.32. The molecule has 2 N–H and O–H groups in total. The number of hydrogen-bond acceptors (Lipinski definition) is 8. The SMILES string of the molecule is CCCc1c(C(=O)NOCc2ccccc2)c(C)c2c(=O)[nH]c(-c3cc(S(=O)(=O)N4CCN(C)CC4)ccc3OCC)nn12. The Bertz CT molecular complexity index is 1810. The van der Waals surface area contributed by atoms with Crippen molar-refractivity contribution in [1.29, 1.82) is 0 Å². The lowest BCUT2D eigenvalue weighted by Gasteiger charge is -2.31. The smallest absolute Gasteiger partial charge is 0.277 e. The van der Waals surface area contributed by atoms with Crippen molar-refractivity contribution in [3.63, 3.8) is 0 Å². The summed E-state index contributed by atoms with van der Waals surface area (Å²) in [5.74, 6) is 0.0187. The number of ether oxygens (including phenoxy) is 1. The summed E-state index contributed by atoms with van der Waals surface area (Å²) in [5.41, 5.74) is 4.81. The minimum atomic E-state index is -3.80. The van der Waals surface area contributed by atoms with Gasteiger partial charge in [-0.2, -0.15) is 4.31 Å². The van der Waals surface area contributed by atoms with E-state index in [-0.39, 0.29) is 22.8 Å². The summed E-state index contributed by atoms with van der Waals surface area (Å²) < 4.78 is 35.9. The van der Waals surface area contributed by atoms with Crippen molar-refractivity contribution >= 4 is 21.4 Å². The van der Waals surface area contributed by atoms with Crippen molar-refractivity contribution < 1.29 is 22.8 Å². The fourth-order valence-corrected chi connectivity index (χ4v) is 6.87. The first-order valence-electron chi connectivity index (χ1n) is 14.7. The molecule has 1 aliphatic heterocycles. The van der Waals surface area contributed by atoms with E-state index in [1.807, 2.05) is 51.2 Å². The molecule has 0 radical (unpaired) electrons. The number of H-pyrrole nitrogens is 1. The topological polar surface area (TPSA) is 138 Å². The lowest BCUT2D eigenvalue weighted by Crippen LogP contribution is -2.47. The second-order valence-corrected chi connectivity index (χ2v) is 12.7. The molecule has 0 saturated carbocycles. The average Bonchev–Trinajstić information content (AvgIpc) is 3.29. The Morgan fingerprint density at radius 2 is 1.80 bits per heavy atom. The second-order valence-electron chi connectivity index (χ2n) is 10.8. The predicted molar refractivity (Wildman–Crippen MR) is 166 cm³/mol. The number of amides is 1. The van der Waals surface area contributed by atoms with Gasteiger partial charge in [-0.25, -0.2) is 18.4 Å². The van der Waals surface area contributed by atoms with Gasteiger partial charge in [-0.3, -0.25) is 14.4 Å². The molecule has 0 atom stereocenters. The molecule has 3 heterocycles. The van der Waals surface area contributed by atoms with E-state index < -0.39 is 21.5 Å². The van der Waals surface area contributed by atoms with E-state index in [0.717, 1.165) is 5.56 Å². The van der Waals surface area contributed by atoms with Crippen LogP contribution < -0.4 is 15.8 Å².